The van der Waals surface area contributed by atoms with Crippen molar-refractivity contribution in [3.63, 3.8) is 0 Å². The van der Waals surface area contributed by atoms with Crippen LogP contribution in [0, 0.1) is 5.92 Å². The predicted octanol–water partition coefficient (Wildman–Crippen LogP) is 1.01. The number of Topliss-reactive ketones (excluding diaryl/α,β-unsaturated/α-hetero) is 2. The number of hydrogen-bond donors (Lipinski definition) is 1. The highest BCUT2D eigenvalue weighted by Gasteiger charge is 2.54. The van der Waals surface area contributed by atoms with Crippen molar-refractivity contribution in [1.29, 1.82) is 0 Å². The Labute approximate surface area is 170 Å². The van der Waals surface area contributed by atoms with Crippen molar-refractivity contribution in [3.8, 4) is 0 Å². The number of oxime groups is 1. The summed E-state index contributed by atoms with van der Waals surface area (Å²) in [6, 6.07) is -0.633. The summed E-state index contributed by atoms with van der Waals surface area (Å²) in [5, 5.41) is 6.68. The lowest BCUT2D eigenvalue weighted by molar-refractivity contribution is -0.138. The van der Waals surface area contributed by atoms with Gasteiger partial charge in [0.15, 0.2) is 17.3 Å². The van der Waals surface area contributed by atoms with Gasteiger partial charge in [-0.05, 0) is 12.5 Å². The van der Waals surface area contributed by atoms with Crippen LogP contribution in [0.2, 0.25) is 0 Å². The number of halogens is 2. The van der Waals surface area contributed by atoms with E-state index in [2.05, 4.69) is 10.5 Å². The van der Waals surface area contributed by atoms with Gasteiger partial charge in [0.2, 0.25) is 12.0 Å². The van der Waals surface area contributed by atoms with E-state index in [1.807, 2.05) is 4.90 Å². The number of allylic oxidation sites excluding steroid dienone is 3. The summed E-state index contributed by atoms with van der Waals surface area (Å²) in [5.74, 6) is -3.31. The minimum Gasteiger partial charge on any atom is -0.450 e. The fraction of sp³-hybridized carbons (Fsp3) is 0.450. The first-order valence-corrected chi connectivity index (χ1v) is 10.0. The number of carbonyl (C=O) groups excluding carboxylic acids is 2. The van der Waals surface area contributed by atoms with E-state index in [9.17, 15) is 14.0 Å². The number of rotatable bonds is 1. The van der Waals surface area contributed by atoms with Gasteiger partial charge in [-0.25, -0.2) is 4.39 Å². The number of carbonyl (C=O) groups is 2. The van der Waals surface area contributed by atoms with Gasteiger partial charge in [-0.1, -0.05) is 11.2 Å². The molecule has 3 unspecified atom stereocenters. The van der Waals surface area contributed by atoms with E-state index in [0.717, 1.165) is 0 Å². The van der Waals surface area contributed by atoms with Crippen molar-refractivity contribution in [2.45, 2.75) is 25.1 Å². The molecule has 0 aromatic carbocycles. The molecule has 0 amide bonds. The van der Waals surface area contributed by atoms with E-state index in [0.29, 0.717) is 37.6 Å². The zero-order valence-electron chi connectivity index (χ0n) is 15.9. The summed E-state index contributed by atoms with van der Waals surface area (Å²) in [6.07, 6.45) is 2.81. The second kappa shape index (κ2) is 6.24. The largest absolute Gasteiger partial charge is 0.450 e. The van der Waals surface area contributed by atoms with E-state index in [-0.39, 0.29) is 29.9 Å². The highest BCUT2D eigenvalue weighted by Crippen LogP contribution is 2.49. The summed E-state index contributed by atoms with van der Waals surface area (Å²) >= 11 is 0. The van der Waals surface area contributed by atoms with Crippen LogP contribution in [0.15, 0.2) is 51.6 Å². The number of nitrogens with one attached hydrogen (secondary N) is 1. The van der Waals surface area contributed by atoms with Crippen LogP contribution < -0.4 is 5.32 Å². The maximum absolute atomic E-state index is 15.7. The van der Waals surface area contributed by atoms with Crippen molar-refractivity contribution in [3.05, 3.63) is 46.5 Å². The Morgan fingerprint density at radius 1 is 1.13 bits per heavy atom. The van der Waals surface area contributed by atoms with Gasteiger partial charge >= 0.3 is 0 Å². The molecular formula is C20H18F2N4O4. The van der Waals surface area contributed by atoms with Crippen LogP contribution in [0.25, 0.3) is 0 Å². The monoisotopic (exact) mass is 416 g/mol. The van der Waals surface area contributed by atoms with Crippen LogP contribution in [0.1, 0.15) is 12.8 Å². The van der Waals surface area contributed by atoms with Gasteiger partial charge in [0.1, 0.15) is 6.04 Å². The van der Waals surface area contributed by atoms with E-state index >= 15 is 4.39 Å². The van der Waals surface area contributed by atoms with E-state index in [1.54, 1.807) is 17.1 Å². The molecule has 1 N–H and O–H groups in total. The average Bonchev–Trinajstić information content (AvgIpc) is 3.14. The summed E-state index contributed by atoms with van der Waals surface area (Å²) < 4.78 is 35.9. The number of ether oxygens (including phenoxy) is 1. The Bertz CT molecular complexity index is 1040. The number of hydrogen-bond acceptors (Lipinski definition) is 8. The number of fused-ring (bicyclic) bond motifs is 3. The molecule has 156 valence electrons. The maximum atomic E-state index is 15.7. The van der Waals surface area contributed by atoms with Crippen molar-refractivity contribution >= 4 is 17.5 Å². The molecule has 10 heteroatoms. The Morgan fingerprint density at radius 2 is 1.93 bits per heavy atom. The van der Waals surface area contributed by atoms with E-state index in [1.165, 1.54) is 0 Å². The molecule has 1 fully saturated rings. The van der Waals surface area contributed by atoms with Gasteiger partial charge in [0, 0.05) is 38.5 Å². The van der Waals surface area contributed by atoms with Crippen LogP contribution >= 0.6 is 0 Å². The Hall–Kier alpha value is -3.01. The van der Waals surface area contributed by atoms with Crippen molar-refractivity contribution < 1.29 is 27.9 Å². The van der Waals surface area contributed by atoms with Crippen molar-refractivity contribution in [1.82, 2.24) is 15.1 Å². The molecule has 4 aliphatic heterocycles. The zero-order valence-corrected chi connectivity index (χ0v) is 15.9. The summed E-state index contributed by atoms with van der Waals surface area (Å²) in [7, 11) is 0. The zero-order chi connectivity index (χ0) is 20.6. The highest BCUT2D eigenvalue weighted by molar-refractivity contribution is 6.43. The molecule has 0 spiro atoms. The smallest absolute Gasteiger partial charge is 0.265 e. The molecule has 0 saturated carbocycles. The number of nitrogens with zero attached hydrogens (tertiary/aromatic N) is 3. The summed E-state index contributed by atoms with van der Waals surface area (Å²) in [6.45, 7) is 2.64. The lowest BCUT2D eigenvalue weighted by atomic mass is 9.81. The lowest BCUT2D eigenvalue weighted by Gasteiger charge is -2.50. The number of piperazine rings is 1. The third kappa shape index (κ3) is 2.31. The molecule has 8 nitrogen and oxygen atoms in total. The molecule has 0 radical (unpaired) electrons. The normalized spacial score (nSPS) is 32.6. The molecule has 30 heavy (non-hydrogen) atoms. The van der Waals surface area contributed by atoms with E-state index in [4.69, 9.17) is 9.57 Å². The topological polar surface area (TPSA) is 83.5 Å². The first kappa shape index (κ1) is 17.8. The molecule has 1 saturated heterocycles. The predicted molar refractivity (Wildman–Crippen MR) is 98.6 cm³/mol. The van der Waals surface area contributed by atoms with Crippen LogP contribution in [0.3, 0.4) is 0 Å². The third-order valence-electron chi connectivity index (χ3n) is 6.38. The average molecular weight is 416 g/mol. The molecule has 4 heterocycles. The second-order valence-electron chi connectivity index (χ2n) is 7.99. The first-order chi connectivity index (χ1) is 14.5. The molecular weight excluding hydrogens is 398 g/mol. The minimum atomic E-state index is -0.918. The molecule has 3 atom stereocenters. The fourth-order valence-electron chi connectivity index (χ4n) is 4.98. The highest BCUT2D eigenvalue weighted by atomic mass is 19.1. The third-order valence-corrected chi connectivity index (χ3v) is 6.38. The molecule has 6 rings (SSSR count). The van der Waals surface area contributed by atoms with Crippen LogP contribution in [-0.2, 0) is 19.2 Å². The molecule has 2 aliphatic carbocycles. The second-order valence-corrected chi connectivity index (χ2v) is 7.99. The number of ketones is 2. The van der Waals surface area contributed by atoms with Crippen molar-refractivity contribution in [2.24, 2.45) is 11.1 Å². The van der Waals surface area contributed by atoms with E-state index < -0.39 is 41.5 Å². The molecule has 0 aromatic heterocycles. The summed E-state index contributed by atoms with van der Waals surface area (Å²) in [5.41, 5.74) is 1.04. The van der Waals surface area contributed by atoms with Gasteiger partial charge in [-0.3, -0.25) is 9.59 Å². The quantitative estimate of drug-likeness (QED) is 0.639. The Kier molecular flexibility index (Phi) is 3.71. The van der Waals surface area contributed by atoms with Crippen LogP contribution in [-0.4, -0.2) is 65.8 Å². The van der Waals surface area contributed by atoms with Gasteiger partial charge < -0.3 is 24.7 Å². The van der Waals surface area contributed by atoms with Crippen LogP contribution in [0.5, 0.6) is 0 Å². The van der Waals surface area contributed by atoms with Gasteiger partial charge in [0.25, 0.3) is 11.7 Å². The molecule has 0 bridgehead atoms. The van der Waals surface area contributed by atoms with Crippen LogP contribution in [0.4, 0.5) is 8.78 Å². The maximum Gasteiger partial charge on any atom is 0.265 e. The van der Waals surface area contributed by atoms with Gasteiger partial charge in [-0.2, -0.15) is 4.39 Å². The fourth-order valence-corrected chi connectivity index (χ4v) is 4.98. The lowest BCUT2D eigenvalue weighted by Crippen LogP contribution is -2.56. The summed E-state index contributed by atoms with van der Waals surface area (Å²) in [4.78, 5) is 33.4. The Balaban J connectivity index is 1.53. The SMILES string of the molecule is O=C1CCC2=C(OC3=C(F)C(N4CCNCC4)=CC4C=C5C(F)=NOC5N2C34)C1=O. The standard InChI is InChI=1S/C20H18F2N4O4/c21-14-12(25-5-3-23-4-6-25)8-9-7-10-19(22)24-30-20(10)26-11-1-2-13(27)16(28)17(11)29-18(14)15(9)26/h7-9,15,20,23H,1-6H2. The van der Waals surface area contributed by atoms with Crippen molar-refractivity contribution in [2.75, 3.05) is 26.2 Å². The van der Waals surface area contributed by atoms with Gasteiger partial charge in [-0.15, -0.1) is 0 Å². The molecule has 0 aromatic rings. The molecule has 6 aliphatic rings. The minimum absolute atomic E-state index is 0.0212. The Morgan fingerprint density at radius 3 is 2.73 bits per heavy atom. The first-order valence-electron chi connectivity index (χ1n) is 10.0. The van der Waals surface area contributed by atoms with Gasteiger partial charge in [0.05, 0.1) is 17.0 Å².